The van der Waals surface area contributed by atoms with Crippen molar-refractivity contribution < 1.29 is 14.6 Å². The summed E-state index contributed by atoms with van der Waals surface area (Å²) in [6, 6.07) is 10.8. The molecule has 3 aliphatic rings. The largest absolute Gasteiger partial charge is 0.496 e. The monoisotopic (exact) mass is 556 g/mol. The maximum Gasteiger partial charge on any atom is 0.223 e. The van der Waals surface area contributed by atoms with Crippen molar-refractivity contribution in [3.05, 3.63) is 65.2 Å². The van der Waals surface area contributed by atoms with Gasteiger partial charge in [0.25, 0.3) is 0 Å². The number of aromatic nitrogens is 3. The Kier molecular flexibility index (Phi) is 8.16. The molecule has 41 heavy (non-hydrogen) atoms. The number of pyridine rings is 1. The van der Waals surface area contributed by atoms with Crippen molar-refractivity contribution in [1.82, 2.24) is 20.1 Å². The van der Waals surface area contributed by atoms with E-state index in [0.717, 1.165) is 77.9 Å². The molecule has 0 spiro atoms. The summed E-state index contributed by atoms with van der Waals surface area (Å²) in [7, 11) is 1.69. The molecule has 7 nitrogen and oxygen atoms in total. The van der Waals surface area contributed by atoms with E-state index >= 15 is 0 Å². The second kappa shape index (κ2) is 12.0. The van der Waals surface area contributed by atoms with E-state index in [0.29, 0.717) is 12.5 Å². The minimum Gasteiger partial charge on any atom is -0.496 e. The third-order valence-corrected chi connectivity index (χ3v) is 9.60. The Labute approximate surface area is 243 Å². The molecule has 3 aromatic rings. The fourth-order valence-electron chi connectivity index (χ4n) is 7.12. The standard InChI is InChI=1S/C34H44N4O3/c1-21-15-24(10-14-32(21)41-3)29-13-9-25(18-31(29)39)33(37-34(40)23-7-5-4-6-8-23)30-17-26(16-22(2)36-30)27-19-35-38(20-27)28-11-12-28/h10,14-17,19-20,23,25,28-29,31,33,39H,4-9,11-13,18H2,1-3H3,(H,37,40). The van der Waals surface area contributed by atoms with Crippen LogP contribution in [0.15, 0.2) is 42.7 Å². The molecule has 0 saturated heterocycles. The van der Waals surface area contributed by atoms with Gasteiger partial charge in [0, 0.05) is 29.3 Å². The molecule has 3 fully saturated rings. The molecule has 218 valence electrons. The Bertz CT molecular complexity index is 1370. The average molecular weight is 557 g/mol. The van der Waals surface area contributed by atoms with Crippen molar-refractivity contribution in [2.24, 2.45) is 11.8 Å². The highest BCUT2D eigenvalue weighted by atomic mass is 16.5. The van der Waals surface area contributed by atoms with Crippen molar-refractivity contribution in [1.29, 1.82) is 0 Å². The van der Waals surface area contributed by atoms with Crippen LogP contribution in [0.2, 0.25) is 0 Å². The van der Waals surface area contributed by atoms with Crippen molar-refractivity contribution in [3.63, 3.8) is 0 Å². The highest BCUT2D eigenvalue weighted by Gasteiger charge is 2.37. The summed E-state index contributed by atoms with van der Waals surface area (Å²) < 4.78 is 7.53. The van der Waals surface area contributed by atoms with Crippen LogP contribution < -0.4 is 10.1 Å². The fourth-order valence-corrected chi connectivity index (χ4v) is 7.12. The minimum atomic E-state index is -0.489. The molecule has 2 aromatic heterocycles. The van der Waals surface area contributed by atoms with Gasteiger partial charge in [-0.15, -0.1) is 0 Å². The molecule has 6 rings (SSSR count). The number of methoxy groups -OCH3 is 1. The molecule has 2 heterocycles. The maximum absolute atomic E-state index is 13.6. The number of benzene rings is 1. The Hall–Kier alpha value is -3.19. The first-order chi connectivity index (χ1) is 19.9. The highest BCUT2D eigenvalue weighted by Crippen LogP contribution is 2.43. The summed E-state index contributed by atoms with van der Waals surface area (Å²) in [6.45, 7) is 4.07. The zero-order valence-corrected chi connectivity index (χ0v) is 24.7. The van der Waals surface area contributed by atoms with Crippen LogP contribution in [-0.2, 0) is 4.79 Å². The molecule has 1 amide bonds. The zero-order valence-electron chi connectivity index (χ0n) is 24.7. The first-order valence-electron chi connectivity index (χ1n) is 15.6. The van der Waals surface area contributed by atoms with Gasteiger partial charge in [0.1, 0.15) is 5.75 Å². The lowest BCUT2D eigenvalue weighted by Crippen LogP contribution is -2.41. The summed E-state index contributed by atoms with van der Waals surface area (Å²) in [4.78, 5) is 18.6. The van der Waals surface area contributed by atoms with E-state index in [2.05, 4.69) is 45.6 Å². The summed E-state index contributed by atoms with van der Waals surface area (Å²) in [5.74, 6) is 1.25. The van der Waals surface area contributed by atoms with E-state index in [1.54, 1.807) is 7.11 Å². The second-order valence-corrected chi connectivity index (χ2v) is 12.7. The van der Waals surface area contributed by atoms with Gasteiger partial charge in [-0.05, 0) is 99.6 Å². The molecular formula is C34H44N4O3. The Morgan fingerprint density at radius 2 is 1.83 bits per heavy atom. The van der Waals surface area contributed by atoms with E-state index in [9.17, 15) is 9.90 Å². The van der Waals surface area contributed by atoms with Gasteiger partial charge in [0.05, 0.1) is 37.2 Å². The van der Waals surface area contributed by atoms with Gasteiger partial charge >= 0.3 is 0 Å². The molecule has 4 atom stereocenters. The predicted octanol–water partition coefficient (Wildman–Crippen LogP) is 6.59. The molecule has 7 heteroatoms. The third kappa shape index (κ3) is 6.20. The summed E-state index contributed by atoms with van der Waals surface area (Å²) in [5.41, 5.74) is 6.22. The van der Waals surface area contributed by atoms with Crippen LogP contribution in [0.5, 0.6) is 5.75 Å². The van der Waals surface area contributed by atoms with Crippen LogP contribution >= 0.6 is 0 Å². The first kappa shape index (κ1) is 28.0. The van der Waals surface area contributed by atoms with Gasteiger partial charge < -0.3 is 15.2 Å². The zero-order chi connectivity index (χ0) is 28.5. The van der Waals surface area contributed by atoms with Gasteiger partial charge in [-0.1, -0.05) is 31.4 Å². The number of carbonyl (C=O) groups excluding carboxylic acids is 1. The number of rotatable bonds is 8. The number of aliphatic hydroxyl groups is 1. The molecule has 0 aliphatic heterocycles. The van der Waals surface area contributed by atoms with Crippen LogP contribution in [0.4, 0.5) is 0 Å². The van der Waals surface area contributed by atoms with Crippen molar-refractivity contribution in [3.8, 4) is 16.9 Å². The van der Waals surface area contributed by atoms with E-state index in [-0.39, 0.29) is 29.7 Å². The highest BCUT2D eigenvalue weighted by molar-refractivity contribution is 5.79. The lowest BCUT2D eigenvalue weighted by atomic mass is 9.73. The topological polar surface area (TPSA) is 89.3 Å². The number of aliphatic hydroxyl groups excluding tert-OH is 1. The maximum atomic E-state index is 13.6. The van der Waals surface area contributed by atoms with E-state index < -0.39 is 6.10 Å². The predicted molar refractivity (Wildman–Crippen MR) is 160 cm³/mol. The quantitative estimate of drug-likeness (QED) is 0.327. The van der Waals surface area contributed by atoms with Crippen LogP contribution in [0.25, 0.3) is 11.1 Å². The number of aryl methyl sites for hydroxylation is 2. The number of nitrogens with zero attached hydrogens (tertiary/aromatic N) is 3. The summed E-state index contributed by atoms with van der Waals surface area (Å²) in [6.07, 6.45) is 13.7. The molecule has 1 aromatic carbocycles. The Balaban J connectivity index is 1.27. The number of amides is 1. The lowest BCUT2D eigenvalue weighted by molar-refractivity contribution is -0.127. The van der Waals surface area contributed by atoms with Gasteiger partial charge in [0.2, 0.25) is 5.91 Å². The number of hydrogen-bond acceptors (Lipinski definition) is 5. The van der Waals surface area contributed by atoms with E-state index in [1.165, 1.54) is 19.3 Å². The van der Waals surface area contributed by atoms with Gasteiger partial charge in [-0.25, -0.2) is 0 Å². The first-order valence-corrected chi connectivity index (χ1v) is 15.6. The van der Waals surface area contributed by atoms with Crippen LogP contribution in [0.3, 0.4) is 0 Å². The smallest absolute Gasteiger partial charge is 0.223 e. The molecule has 0 radical (unpaired) electrons. The third-order valence-electron chi connectivity index (χ3n) is 9.60. The second-order valence-electron chi connectivity index (χ2n) is 12.7. The molecule has 3 saturated carbocycles. The Morgan fingerprint density at radius 1 is 1.02 bits per heavy atom. The van der Waals surface area contributed by atoms with E-state index in [1.807, 2.05) is 26.1 Å². The van der Waals surface area contributed by atoms with Gasteiger partial charge in [-0.3, -0.25) is 14.5 Å². The van der Waals surface area contributed by atoms with Gasteiger partial charge in [0.15, 0.2) is 0 Å². The normalized spacial score (nSPS) is 24.1. The molecule has 0 bridgehead atoms. The van der Waals surface area contributed by atoms with Gasteiger partial charge in [-0.2, -0.15) is 5.10 Å². The lowest BCUT2D eigenvalue weighted by Gasteiger charge is -2.38. The Morgan fingerprint density at radius 3 is 2.54 bits per heavy atom. The van der Waals surface area contributed by atoms with Crippen LogP contribution in [-0.4, -0.2) is 39.0 Å². The van der Waals surface area contributed by atoms with Crippen LogP contribution in [0, 0.1) is 25.7 Å². The average Bonchev–Trinajstić information content (AvgIpc) is 3.71. The number of carbonyl (C=O) groups is 1. The molecule has 3 aliphatic carbocycles. The SMILES string of the molecule is COc1ccc(C2CCC(C(NC(=O)C3CCCCC3)c3cc(-c4cnn(C5CC5)c4)cc(C)n3)CC2O)cc1C. The molecule has 2 N–H and O–H groups in total. The number of ether oxygens (including phenoxy) is 1. The molecule has 4 unspecified atom stereocenters. The van der Waals surface area contributed by atoms with Crippen LogP contribution in [0.1, 0.15) is 105 Å². The number of nitrogens with one attached hydrogen (secondary N) is 1. The number of hydrogen-bond donors (Lipinski definition) is 2. The van der Waals surface area contributed by atoms with Crippen molar-refractivity contribution in [2.75, 3.05) is 7.11 Å². The summed E-state index contributed by atoms with van der Waals surface area (Å²) in [5, 5.41) is 19.5. The van der Waals surface area contributed by atoms with Crippen molar-refractivity contribution in [2.45, 2.75) is 102 Å². The molecular weight excluding hydrogens is 512 g/mol. The van der Waals surface area contributed by atoms with E-state index in [4.69, 9.17) is 9.72 Å². The fraction of sp³-hybridized carbons (Fsp3) is 0.559. The van der Waals surface area contributed by atoms with Crippen molar-refractivity contribution >= 4 is 5.91 Å². The minimum absolute atomic E-state index is 0.0656. The summed E-state index contributed by atoms with van der Waals surface area (Å²) >= 11 is 0.